The molecular formula is C21H26N4O4S. The van der Waals surface area contributed by atoms with Crippen LogP contribution >= 0.6 is 0 Å². The minimum absolute atomic E-state index is 0.0657. The van der Waals surface area contributed by atoms with Crippen LogP contribution in [0.5, 0.6) is 0 Å². The van der Waals surface area contributed by atoms with Crippen molar-refractivity contribution < 1.29 is 18.0 Å². The molecule has 0 saturated heterocycles. The SMILES string of the molecule is CC(NC(=O)CCc1ccc(S(=O)(=O)NC2CC2)cc1)c1ccc(NC(N)=O)cc1. The van der Waals surface area contributed by atoms with E-state index in [1.54, 1.807) is 36.4 Å². The zero-order chi connectivity index (χ0) is 21.7. The number of carbonyl (C=O) groups is 2. The van der Waals surface area contributed by atoms with Crippen LogP contribution in [0.1, 0.15) is 43.4 Å². The van der Waals surface area contributed by atoms with Crippen molar-refractivity contribution in [2.75, 3.05) is 5.32 Å². The summed E-state index contributed by atoms with van der Waals surface area (Å²) in [5.41, 5.74) is 7.46. The molecule has 1 aliphatic rings. The highest BCUT2D eigenvalue weighted by molar-refractivity contribution is 7.89. The normalized spacial score (nSPS) is 14.7. The van der Waals surface area contributed by atoms with Crippen LogP contribution in [0.15, 0.2) is 53.4 Å². The molecule has 5 N–H and O–H groups in total. The van der Waals surface area contributed by atoms with Gasteiger partial charge in [-0.2, -0.15) is 0 Å². The predicted octanol–water partition coefficient (Wildman–Crippen LogP) is 2.43. The van der Waals surface area contributed by atoms with Gasteiger partial charge in [0.15, 0.2) is 0 Å². The van der Waals surface area contributed by atoms with Gasteiger partial charge in [0, 0.05) is 18.2 Å². The van der Waals surface area contributed by atoms with Crippen LogP contribution in [0.4, 0.5) is 10.5 Å². The second-order valence-electron chi connectivity index (χ2n) is 7.44. The maximum absolute atomic E-state index is 12.3. The average molecular weight is 431 g/mol. The van der Waals surface area contributed by atoms with Crippen molar-refractivity contribution in [3.8, 4) is 0 Å². The van der Waals surface area contributed by atoms with E-state index in [2.05, 4.69) is 15.4 Å². The summed E-state index contributed by atoms with van der Waals surface area (Å²) in [6.45, 7) is 1.88. The van der Waals surface area contributed by atoms with Crippen LogP contribution in [-0.2, 0) is 21.2 Å². The molecule has 0 heterocycles. The molecule has 2 aromatic carbocycles. The topological polar surface area (TPSA) is 130 Å². The highest BCUT2D eigenvalue weighted by atomic mass is 32.2. The van der Waals surface area contributed by atoms with E-state index in [9.17, 15) is 18.0 Å². The third-order valence-corrected chi connectivity index (χ3v) is 6.37. The number of hydrogen-bond donors (Lipinski definition) is 4. The maximum Gasteiger partial charge on any atom is 0.316 e. The number of sulfonamides is 1. The first kappa shape index (κ1) is 21.8. The number of carbonyl (C=O) groups excluding carboxylic acids is 2. The Bertz CT molecular complexity index is 1000. The molecule has 1 fully saturated rings. The van der Waals surface area contributed by atoms with Crippen molar-refractivity contribution in [3.05, 3.63) is 59.7 Å². The van der Waals surface area contributed by atoms with Gasteiger partial charge < -0.3 is 16.4 Å². The predicted molar refractivity (Wildman–Crippen MR) is 114 cm³/mol. The van der Waals surface area contributed by atoms with Crippen molar-refractivity contribution in [3.63, 3.8) is 0 Å². The van der Waals surface area contributed by atoms with Crippen molar-refractivity contribution in [2.24, 2.45) is 5.73 Å². The molecule has 160 valence electrons. The second kappa shape index (κ2) is 9.27. The molecule has 0 bridgehead atoms. The lowest BCUT2D eigenvalue weighted by Gasteiger charge is -2.15. The number of primary amides is 1. The van der Waals surface area contributed by atoms with Gasteiger partial charge in [-0.25, -0.2) is 17.9 Å². The molecule has 1 unspecified atom stereocenters. The third-order valence-electron chi connectivity index (χ3n) is 4.83. The standard InChI is InChI=1S/C21H26N4O4S/c1-14(16-5-7-17(8-6-16)24-21(22)27)23-20(26)13-4-15-2-11-19(12-3-15)30(28,29)25-18-9-10-18/h2-3,5-8,11-12,14,18,25H,4,9-10,13H2,1H3,(H,23,26)(H3,22,24,27). The van der Waals surface area contributed by atoms with E-state index in [0.717, 1.165) is 24.0 Å². The molecule has 1 aliphatic carbocycles. The van der Waals surface area contributed by atoms with Crippen LogP contribution in [0.3, 0.4) is 0 Å². The van der Waals surface area contributed by atoms with E-state index in [1.807, 2.05) is 19.1 Å². The number of nitrogens with two attached hydrogens (primary N) is 1. The van der Waals surface area contributed by atoms with Crippen LogP contribution < -0.4 is 21.1 Å². The number of hydrogen-bond acceptors (Lipinski definition) is 4. The van der Waals surface area contributed by atoms with E-state index in [1.165, 1.54) is 0 Å². The van der Waals surface area contributed by atoms with Gasteiger partial charge in [-0.1, -0.05) is 24.3 Å². The van der Waals surface area contributed by atoms with Gasteiger partial charge >= 0.3 is 6.03 Å². The fourth-order valence-corrected chi connectivity index (χ4v) is 4.28. The van der Waals surface area contributed by atoms with E-state index in [-0.39, 0.29) is 29.3 Å². The summed E-state index contributed by atoms with van der Waals surface area (Å²) in [5, 5.41) is 5.42. The molecular weight excluding hydrogens is 404 g/mol. The van der Waals surface area contributed by atoms with Crippen molar-refractivity contribution in [2.45, 2.75) is 49.6 Å². The average Bonchev–Trinajstić information content (AvgIpc) is 3.50. The molecule has 3 rings (SSSR count). The lowest BCUT2D eigenvalue weighted by molar-refractivity contribution is -0.121. The highest BCUT2D eigenvalue weighted by Crippen LogP contribution is 2.22. The lowest BCUT2D eigenvalue weighted by atomic mass is 10.1. The Morgan fingerprint density at radius 3 is 2.27 bits per heavy atom. The Kier molecular flexibility index (Phi) is 6.73. The van der Waals surface area contributed by atoms with Gasteiger partial charge in [0.25, 0.3) is 0 Å². The van der Waals surface area contributed by atoms with Crippen molar-refractivity contribution >= 4 is 27.6 Å². The Labute approximate surface area is 176 Å². The molecule has 30 heavy (non-hydrogen) atoms. The van der Waals surface area contributed by atoms with Gasteiger partial charge in [-0.05, 0) is 61.6 Å². The molecule has 9 heteroatoms. The summed E-state index contributed by atoms with van der Waals surface area (Å²) in [6.07, 6.45) is 2.58. The highest BCUT2D eigenvalue weighted by Gasteiger charge is 2.27. The Hall–Kier alpha value is -2.91. The minimum atomic E-state index is -3.46. The molecule has 0 radical (unpaired) electrons. The first-order valence-electron chi connectivity index (χ1n) is 9.80. The van der Waals surface area contributed by atoms with E-state index in [4.69, 9.17) is 5.73 Å². The van der Waals surface area contributed by atoms with Crippen LogP contribution in [0.25, 0.3) is 0 Å². The number of aryl methyl sites for hydroxylation is 1. The first-order valence-corrected chi connectivity index (χ1v) is 11.3. The molecule has 8 nitrogen and oxygen atoms in total. The molecule has 3 amide bonds. The minimum Gasteiger partial charge on any atom is -0.351 e. The van der Waals surface area contributed by atoms with E-state index in [0.29, 0.717) is 12.1 Å². The van der Waals surface area contributed by atoms with Crippen LogP contribution in [-0.4, -0.2) is 26.4 Å². The number of rotatable bonds is 9. The van der Waals surface area contributed by atoms with Crippen LogP contribution in [0.2, 0.25) is 0 Å². The lowest BCUT2D eigenvalue weighted by Crippen LogP contribution is -2.27. The summed E-state index contributed by atoms with van der Waals surface area (Å²) in [7, 11) is -3.46. The summed E-state index contributed by atoms with van der Waals surface area (Å²) in [6, 6.07) is 12.9. The van der Waals surface area contributed by atoms with Gasteiger partial charge in [-0.15, -0.1) is 0 Å². The van der Waals surface area contributed by atoms with Gasteiger partial charge in [0.05, 0.1) is 10.9 Å². The summed E-state index contributed by atoms with van der Waals surface area (Å²) in [5.74, 6) is -0.103. The maximum atomic E-state index is 12.3. The van der Waals surface area contributed by atoms with Crippen molar-refractivity contribution in [1.29, 1.82) is 0 Å². The van der Waals surface area contributed by atoms with E-state index >= 15 is 0 Å². The first-order chi connectivity index (χ1) is 14.2. The molecule has 2 aromatic rings. The Morgan fingerprint density at radius 2 is 1.70 bits per heavy atom. The van der Waals surface area contributed by atoms with Crippen molar-refractivity contribution in [1.82, 2.24) is 10.0 Å². The molecule has 0 aliphatic heterocycles. The van der Waals surface area contributed by atoms with Crippen LogP contribution in [0, 0.1) is 0 Å². The zero-order valence-electron chi connectivity index (χ0n) is 16.7. The summed E-state index contributed by atoms with van der Waals surface area (Å²) in [4.78, 5) is 23.4. The monoisotopic (exact) mass is 430 g/mol. The quantitative estimate of drug-likeness (QED) is 0.487. The van der Waals surface area contributed by atoms with Gasteiger partial charge in [-0.3, -0.25) is 4.79 Å². The fourth-order valence-electron chi connectivity index (χ4n) is 2.98. The number of benzene rings is 2. The summed E-state index contributed by atoms with van der Waals surface area (Å²) < 4.78 is 27.0. The number of urea groups is 1. The number of nitrogens with one attached hydrogen (secondary N) is 3. The Morgan fingerprint density at radius 1 is 1.07 bits per heavy atom. The van der Waals surface area contributed by atoms with Gasteiger partial charge in [0.2, 0.25) is 15.9 Å². The summed E-state index contributed by atoms with van der Waals surface area (Å²) >= 11 is 0. The largest absolute Gasteiger partial charge is 0.351 e. The third kappa shape index (κ3) is 6.30. The molecule has 0 aromatic heterocycles. The zero-order valence-corrected chi connectivity index (χ0v) is 17.5. The van der Waals surface area contributed by atoms with Gasteiger partial charge in [0.1, 0.15) is 0 Å². The number of amides is 3. The molecule has 1 saturated carbocycles. The molecule has 0 spiro atoms. The second-order valence-corrected chi connectivity index (χ2v) is 9.15. The molecule has 1 atom stereocenters. The number of anilines is 1. The smallest absolute Gasteiger partial charge is 0.316 e. The fraction of sp³-hybridized carbons (Fsp3) is 0.333. The van der Waals surface area contributed by atoms with E-state index < -0.39 is 16.1 Å². The Balaban J connectivity index is 1.48.